The Morgan fingerprint density at radius 2 is 2.10 bits per heavy atom. The number of benzene rings is 1. The van der Waals surface area contributed by atoms with E-state index in [1.165, 1.54) is 9.21 Å². The van der Waals surface area contributed by atoms with Crippen LogP contribution in [0.1, 0.15) is 37.8 Å². The highest BCUT2D eigenvalue weighted by molar-refractivity contribution is 14.2. The van der Waals surface area contributed by atoms with Gasteiger partial charge in [-0.25, -0.2) is 0 Å². The average molecular weight is 421 g/mol. The molecule has 116 valence electrons. The molecule has 1 aliphatic rings. The summed E-state index contributed by atoms with van der Waals surface area (Å²) in [4.78, 5) is 14.4. The summed E-state index contributed by atoms with van der Waals surface area (Å²) in [6, 6.07) is 8.06. The molecule has 0 saturated carbocycles. The number of methoxy groups -OCH3 is 1. The van der Waals surface area contributed by atoms with Crippen LogP contribution in [0.4, 0.5) is 0 Å². The summed E-state index contributed by atoms with van der Waals surface area (Å²) in [6.07, 6.45) is 2.47. The van der Waals surface area contributed by atoms with E-state index in [-0.39, 0.29) is 18.1 Å². The Bertz CT molecular complexity index is 468. The van der Waals surface area contributed by atoms with Crippen LogP contribution in [0.15, 0.2) is 24.3 Å². The van der Waals surface area contributed by atoms with Crippen molar-refractivity contribution >= 4 is 36.3 Å². The molecule has 4 nitrogen and oxygen atoms in total. The molecule has 2 unspecified atom stereocenters. The van der Waals surface area contributed by atoms with Crippen LogP contribution in [0.5, 0.6) is 5.75 Å². The van der Waals surface area contributed by atoms with Crippen LogP contribution in [0.2, 0.25) is 0 Å². The first-order valence-electron chi connectivity index (χ1n) is 7.09. The van der Waals surface area contributed by atoms with E-state index in [1.807, 2.05) is 29.2 Å². The van der Waals surface area contributed by atoms with Crippen LogP contribution >= 0.6 is 30.4 Å². The molecule has 0 spiro atoms. The second-order valence-electron chi connectivity index (χ2n) is 5.06. The number of unbranched alkanes of at least 4 members (excludes halogenated alkanes) is 1. The number of ether oxygens (including phenoxy) is 1. The van der Waals surface area contributed by atoms with Gasteiger partial charge in [0.15, 0.2) is 6.10 Å². The third kappa shape index (κ3) is 4.04. The molecule has 0 aliphatic carbocycles. The first-order valence-corrected chi connectivity index (χ1v) is 10.4. The number of carbonyl (C=O) groups excluding carboxylic acids is 1. The molecular formula is C15H20INO3S. The zero-order valence-corrected chi connectivity index (χ0v) is 15.2. The molecule has 2 atom stereocenters. The van der Waals surface area contributed by atoms with E-state index in [0.717, 1.165) is 30.7 Å². The van der Waals surface area contributed by atoms with E-state index in [2.05, 4.69) is 28.1 Å². The van der Waals surface area contributed by atoms with Gasteiger partial charge in [0, 0.05) is 34.2 Å². The average Bonchev–Trinajstić information content (AvgIpc) is 2.82. The maximum atomic E-state index is 12.5. The van der Waals surface area contributed by atoms with Crippen molar-refractivity contribution in [2.45, 2.75) is 38.3 Å². The van der Waals surface area contributed by atoms with E-state index in [0.29, 0.717) is 6.42 Å². The molecule has 0 radical (unpaired) electrons. The van der Waals surface area contributed by atoms with Gasteiger partial charge in [0.05, 0.1) is 22.4 Å². The molecule has 0 N–H and O–H groups in total. The summed E-state index contributed by atoms with van der Waals surface area (Å²) in [6.45, 7) is 2.93. The molecule has 1 aromatic carbocycles. The van der Waals surface area contributed by atoms with Crippen LogP contribution in [0, 0.1) is 0 Å². The summed E-state index contributed by atoms with van der Waals surface area (Å²) in [5, 5.41) is 0. The zero-order valence-electron chi connectivity index (χ0n) is 12.3. The van der Waals surface area contributed by atoms with Gasteiger partial charge in [-0.2, -0.15) is 0 Å². The molecule has 6 heteroatoms. The lowest BCUT2D eigenvalue weighted by Gasteiger charge is -2.24. The molecular weight excluding hydrogens is 401 g/mol. The van der Waals surface area contributed by atoms with Crippen LogP contribution in [-0.4, -0.2) is 30.6 Å². The first kappa shape index (κ1) is 16.9. The summed E-state index contributed by atoms with van der Waals surface area (Å²) >= 11 is 2.06. The van der Waals surface area contributed by atoms with Crippen molar-refractivity contribution in [1.29, 1.82) is 0 Å². The van der Waals surface area contributed by atoms with Crippen LogP contribution in [0.25, 0.3) is 0 Å². The van der Waals surface area contributed by atoms with Crippen molar-refractivity contribution in [3.05, 3.63) is 29.8 Å². The molecule has 21 heavy (non-hydrogen) atoms. The molecule has 1 fully saturated rings. The van der Waals surface area contributed by atoms with Gasteiger partial charge in [0.25, 0.3) is 5.91 Å². The first-order chi connectivity index (χ1) is 10.2. The Hall–Kier alpha value is -0.470. The van der Waals surface area contributed by atoms with E-state index < -0.39 is 0 Å². The number of hydrogen-bond donors (Lipinski definition) is 0. The molecule has 1 amide bonds. The minimum atomic E-state index is -0.337. The Labute approximate surface area is 142 Å². The fourth-order valence-corrected chi connectivity index (χ4v) is 3.63. The minimum absolute atomic E-state index is 0.100. The van der Waals surface area contributed by atoms with Gasteiger partial charge in [-0.1, -0.05) is 25.5 Å². The van der Waals surface area contributed by atoms with Gasteiger partial charge < -0.3 is 9.64 Å². The second kappa shape index (κ2) is 8.24. The standard InChI is InChI=1S/C15H20INO3S/c1-3-4-9-17-13(10-14(15(17)18)20-21-16)11-5-7-12(19-2)8-6-11/h5-8,13-14H,3-4,9-10H2,1-2H3. The number of nitrogens with zero attached hydrogens (tertiary/aromatic N) is 1. The summed E-state index contributed by atoms with van der Waals surface area (Å²) in [7, 11) is 2.89. The molecule has 1 aliphatic heterocycles. The summed E-state index contributed by atoms with van der Waals surface area (Å²) in [5.74, 6) is 0.937. The molecule has 1 heterocycles. The fraction of sp³-hybridized carbons (Fsp3) is 0.533. The Morgan fingerprint density at radius 3 is 2.67 bits per heavy atom. The minimum Gasteiger partial charge on any atom is -0.497 e. The second-order valence-corrected chi connectivity index (χ2v) is 6.45. The highest BCUT2D eigenvalue weighted by atomic mass is 127. The van der Waals surface area contributed by atoms with Gasteiger partial charge in [0.1, 0.15) is 5.75 Å². The van der Waals surface area contributed by atoms with Gasteiger partial charge in [-0.15, -0.1) is 0 Å². The molecule has 1 saturated heterocycles. The summed E-state index contributed by atoms with van der Waals surface area (Å²) in [5.41, 5.74) is 1.14. The smallest absolute Gasteiger partial charge is 0.253 e. The fourth-order valence-electron chi connectivity index (χ4n) is 2.63. The quantitative estimate of drug-likeness (QED) is 0.490. The van der Waals surface area contributed by atoms with E-state index in [9.17, 15) is 4.79 Å². The third-order valence-corrected chi connectivity index (χ3v) is 4.71. The van der Waals surface area contributed by atoms with Crippen molar-refractivity contribution < 1.29 is 13.7 Å². The number of halogens is 1. The Morgan fingerprint density at radius 1 is 1.38 bits per heavy atom. The lowest BCUT2D eigenvalue weighted by Crippen LogP contribution is -2.32. The van der Waals surface area contributed by atoms with Gasteiger partial charge in [-0.3, -0.25) is 8.98 Å². The topological polar surface area (TPSA) is 38.8 Å². The SMILES string of the molecule is CCCCN1C(=O)C(OSI)CC1c1ccc(OC)cc1. The molecule has 1 aromatic rings. The molecule has 2 rings (SSSR count). The highest BCUT2D eigenvalue weighted by Gasteiger charge is 2.40. The maximum absolute atomic E-state index is 12.5. The van der Waals surface area contributed by atoms with Gasteiger partial charge in [-0.05, 0) is 24.1 Å². The van der Waals surface area contributed by atoms with Crippen molar-refractivity contribution in [2.24, 2.45) is 0 Å². The van der Waals surface area contributed by atoms with E-state index in [4.69, 9.17) is 8.92 Å². The van der Waals surface area contributed by atoms with Crippen molar-refractivity contribution in [3.8, 4) is 5.75 Å². The van der Waals surface area contributed by atoms with E-state index >= 15 is 0 Å². The Kier molecular flexibility index (Phi) is 6.63. The number of amides is 1. The van der Waals surface area contributed by atoms with E-state index in [1.54, 1.807) is 7.11 Å². The monoisotopic (exact) mass is 421 g/mol. The number of carbonyl (C=O) groups is 1. The molecule has 0 bridgehead atoms. The largest absolute Gasteiger partial charge is 0.497 e. The zero-order chi connectivity index (χ0) is 15.2. The summed E-state index contributed by atoms with van der Waals surface area (Å²) < 4.78 is 10.7. The van der Waals surface area contributed by atoms with Crippen LogP contribution in [0.3, 0.4) is 0 Å². The third-order valence-electron chi connectivity index (χ3n) is 3.78. The van der Waals surface area contributed by atoms with Crippen LogP contribution in [-0.2, 0) is 8.98 Å². The number of rotatable bonds is 7. The highest BCUT2D eigenvalue weighted by Crippen LogP contribution is 2.37. The lowest BCUT2D eigenvalue weighted by molar-refractivity contribution is -0.134. The predicted molar refractivity (Wildman–Crippen MR) is 93.5 cm³/mol. The van der Waals surface area contributed by atoms with Crippen LogP contribution < -0.4 is 4.74 Å². The Balaban J connectivity index is 2.18. The lowest BCUT2D eigenvalue weighted by atomic mass is 10.0. The van der Waals surface area contributed by atoms with Gasteiger partial charge in [0.2, 0.25) is 0 Å². The molecule has 0 aromatic heterocycles. The van der Waals surface area contributed by atoms with Crippen molar-refractivity contribution in [1.82, 2.24) is 4.90 Å². The normalized spacial score (nSPS) is 21.9. The maximum Gasteiger partial charge on any atom is 0.253 e. The predicted octanol–water partition coefficient (Wildman–Crippen LogP) is 4.15. The number of likely N-dealkylation sites (tertiary alicyclic amines) is 1. The van der Waals surface area contributed by atoms with Crippen molar-refractivity contribution in [3.63, 3.8) is 0 Å². The van der Waals surface area contributed by atoms with Crippen molar-refractivity contribution in [2.75, 3.05) is 13.7 Å². The number of hydrogen-bond acceptors (Lipinski definition) is 4. The van der Waals surface area contributed by atoms with Gasteiger partial charge >= 0.3 is 0 Å².